The van der Waals surface area contributed by atoms with E-state index < -0.39 is 17.5 Å². The zero-order valence-electron chi connectivity index (χ0n) is 11.3. The second-order valence-electron chi connectivity index (χ2n) is 4.81. The second-order valence-corrected chi connectivity index (χ2v) is 4.81. The van der Waals surface area contributed by atoms with Gasteiger partial charge in [0.1, 0.15) is 0 Å². The van der Waals surface area contributed by atoms with Gasteiger partial charge < -0.3 is 5.32 Å². The van der Waals surface area contributed by atoms with Crippen LogP contribution >= 0.6 is 0 Å². The molecule has 112 valence electrons. The second kappa shape index (κ2) is 6.58. The van der Waals surface area contributed by atoms with Crippen molar-refractivity contribution in [1.82, 2.24) is 0 Å². The van der Waals surface area contributed by atoms with Gasteiger partial charge in [0.2, 0.25) is 0 Å². The lowest BCUT2D eigenvalue weighted by molar-refractivity contribution is -0.385. The van der Waals surface area contributed by atoms with Crippen LogP contribution in [0.2, 0.25) is 0 Å². The number of benzene rings is 1. The molecule has 0 aliphatic heterocycles. The number of nitrogens with zero attached hydrogens (tertiary/aromatic N) is 1. The summed E-state index contributed by atoms with van der Waals surface area (Å²) >= 11 is 0. The van der Waals surface area contributed by atoms with Crippen molar-refractivity contribution >= 4 is 11.4 Å². The summed E-state index contributed by atoms with van der Waals surface area (Å²) in [6.45, 7) is 3.39. The zero-order valence-corrected chi connectivity index (χ0v) is 11.3. The third-order valence-electron chi connectivity index (χ3n) is 2.92. The van der Waals surface area contributed by atoms with Gasteiger partial charge in [0.15, 0.2) is 0 Å². The SMILES string of the molecule is Cc1ccc(NC(C)CCCC(F)(F)F)cc1[N+](=O)[O-]. The van der Waals surface area contributed by atoms with E-state index in [-0.39, 0.29) is 18.2 Å². The molecular weight excluding hydrogens is 273 g/mol. The van der Waals surface area contributed by atoms with Crippen LogP contribution in [0.3, 0.4) is 0 Å². The molecule has 4 nitrogen and oxygen atoms in total. The molecule has 0 radical (unpaired) electrons. The average molecular weight is 290 g/mol. The lowest BCUT2D eigenvalue weighted by atomic mass is 10.1. The summed E-state index contributed by atoms with van der Waals surface area (Å²) in [6.07, 6.45) is -4.57. The molecule has 0 spiro atoms. The molecule has 0 saturated heterocycles. The number of anilines is 1. The number of nitro benzene ring substituents is 1. The van der Waals surface area contributed by atoms with E-state index in [0.717, 1.165) is 0 Å². The largest absolute Gasteiger partial charge is 0.389 e. The van der Waals surface area contributed by atoms with Gasteiger partial charge in [-0.15, -0.1) is 0 Å². The van der Waals surface area contributed by atoms with E-state index in [4.69, 9.17) is 0 Å². The Morgan fingerprint density at radius 1 is 1.40 bits per heavy atom. The molecule has 1 atom stereocenters. The predicted octanol–water partition coefficient (Wildman–Crippen LogP) is 4.44. The fourth-order valence-electron chi connectivity index (χ4n) is 1.86. The molecule has 1 aromatic carbocycles. The molecule has 0 amide bonds. The molecule has 20 heavy (non-hydrogen) atoms. The van der Waals surface area contributed by atoms with Crippen molar-refractivity contribution < 1.29 is 18.1 Å². The van der Waals surface area contributed by atoms with Crippen LogP contribution in [0.25, 0.3) is 0 Å². The molecule has 1 N–H and O–H groups in total. The molecule has 1 aromatic rings. The van der Waals surface area contributed by atoms with Gasteiger partial charge in [-0.2, -0.15) is 13.2 Å². The topological polar surface area (TPSA) is 55.2 Å². The van der Waals surface area contributed by atoms with Gasteiger partial charge in [-0.25, -0.2) is 0 Å². The summed E-state index contributed by atoms with van der Waals surface area (Å²) in [4.78, 5) is 10.3. The number of alkyl halides is 3. The molecular formula is C13H17F3N2O2. The molecule has 0 aliphatic rings. The van der Waals surface area contributed by atoms with Gasteiger partial charge in [-0.3, -0.25) is 10.1 Å². The molecule has 1 unspecified atom stereocenters. The normalized spacial score (nSPS) is 13.1. The Kier molecular flexibility index (Phi) is 5.35. The first-order valence-corrected chi connectivity index (χ1v) is 6.27. The predicted molar refractivity (Wildman–Crippen MR) is 70.8 cm³/mol. The quantitative estimate of drug-likeness (QED) is 0.622. The van der Waals surface area contributed by atoms with E-state index in [9.17, 15) is 23.3 Å². The maximum absolute atomic E-state index is 12.0. The Hall–Kier alpha value is -1.79. The summed E-state index contributed by atoms with van der Waals surface area (Å²) in [5.74, 6) is 0. The van der Waals surface area contributed by atoms with Crippen molar-refractivity contribution in [2.75, 3.05) is 5.32 Å². The van der Waals surface area contributed by atoms with Crippen LogP contribution in [-0.4, -0.2) is 17.1 Å². The van der Waals surface area contributed by atoms with Crippen LogP contribution in [0, 0.1) is 17.0 Å². The Bertz CT molecular complexity index is 475. The fraction of sp³-hybridized carbons (Fsp3) is 0.538. The minimum absolute atomic E-state index is 0.00232. The van der Waals surface area contributed by atoms with Gasteiger partial charge in [0.05, 0.1) is 4.92 Å². The summed E-state index contributed by atoms with van der Waals surface area (Å²) in [7, 11) is 0. The number of nitrogens with one attached hydrogen (secondary N) is 1. The number of rotatable bonds is 6. The standard InChI is InChI=1S/C13H17F3N2O2/c1-9-5-6-11(8-12(9)18(19)20)17-10(2)4-3-7-13(14,15)16/h5-6,8,10,17H,3-4,7H2,1-2H3. The number of hydrogen-bond acceptors (Lipinski definition) is 3. The van der Waals surface area contributed by atoms with E-state index in [1.54, 1.807) is 26.0 Å². The van der Waals surface area contributed by atoms with Gasteiger partial charge >= 0.3 is 6.18 Å². The van der Waals surface area contributed by atoms with Gasteiger partial charge in [-0.05, 0) is 32.8 Å². The number of aryl methyl sites for hydroxylation is 1. The van der Waals surface area contributed by atoms with Crippen molar-refractivity contribution in [3.63, 3.8) is 0 Å². The number of nitro groups is 1. The van der Waals surface area contributed by atoms with Crippen molar-refractivity contribution in [2.24, 2.45) is 0 Å². The number of halogens is 3. The Morgan fingerprint density at radius 3 is 2.60 bits per heavy atom. The molecule has 0 aromatic heterocycles. The van der Waals surface area contributed by atoms with E-state index in [2.05, 4.69) is 5.32 Å². The van der Waals surface area contributed by atoms with E-state index in [1.165, 1.54) is 6.07 Å². The van der Waals surface area contributed by atoms with Crippen LogP contribution in [-0.2, 0) is 0 Å². The highest BCUT2D eigenvalue weighted by atomic mass is 19.4. The monoisotopic (exact) mass is 290 g/mol. The van der Waals surface area contributed by atoms with Crippen LogP contribution in [0.1, 0.15) is 31.7 Å². The first-order valence-electron chi connectivity index (χ1n) is 6.27. The third kappa shape index (κ3) is 5.46. The van der Waals surface area contributed by atoms with Crippen molar-refractivity contribution in [3.05, 3.63) is 33.9 Å². The molecule has 7 heteroatoms. The Labute approximate surface area is 115 Å². The van der Waals surface area contributed by atoms with Crippen LogP contribution in [0.5, 0.6) is 0 Å². The van der Waals surface area contributed by atoms with Crippen LogP contribution in [0.4, 0.5) is 24.5 Å². The van der Waals surface area contributed by atoms with Crippen molar-refractivity contribution in [1.29, 1.82) is 0 Å². The molecule has 0 aliphatic carbocycles. The third-order valence-corrected chi connectivity index (χ3v) is 2.92. The Morgan fingerprint density at radius 2 is 2.05 bits per heavy atom. The van der Waals surface area contributed by atoms with E-state index in [0.29, 0.717) is 17.7 Å². The minimum atomic E-state index is -4.14. The first kappa shape index (κ1) is 16.3. The highest BCUT2D eigenvalue weighted by Crippen LogP contribution is 2.25. The Balaban J connectivity index is 2.56. The number of hydrogen-bond donors (Lipinski definition) is 1. The average Bonchev–Trinajstić information content (AvgIpc) is 2.29. The lowest BCUT2D eigenvalue weighted by Crippen LogP contribution is -2.16. The first-order chi connectivity index (χ1) is 9.19. The maximum atomic E-state index is 12.0. The highest BCUT2D eigenvalue weighted by molar-refractivity contribution is 5.55. The lowest BCUT2D eigenvalue weighted by Gasteiger charge is -2.16. The fourth-order valence-corrected chi connectivity index (χ4v) is 1.86. The maximum Gasteiger partial charge on any atom is 0.389 e. The summed E-state index contributed by atoms with van der Waals surface area (Å²) < 4.78 is 36.1. The van der Waals surface area contributed by atoms with Crippen LogP contribution in [0.15, 0.2) is 18.2 Å². The smallest absolute Gasteiger partial charge is 0.382 e. The highest BCUT2D eigenvalue weighted by Gasteiger charge is 2.26. The molecule has 0 bridgehead atoms. The minimum Gasteiger partial charge on any atom is -0.382 e. The summed E-state index contributed by atoms with van der Waals surface area (Å²) in [5, 5.41) is 13.8. The molecule has 1 rings (SSSR count). The van der Waals surface area contributed by atoms with Crippen molar-refractivity contribution in [3.8, 4) is 0 Å². The van der Waals surface area contributed by atoms with Crippen molar-refractivity contribution in [2.45, 2.75) is 45.3 Å². The van der Waals surface area contributed by atoms with Gasteiger partial charge in [-0.1, -0.05) is 6.07 Å². The molecule has 0 fully saturated rings. The zero-order chi connectivity index (χ0) is 15.3. The molecule has 0 heterocycles. The van der Waals surface area contributed by atoms with E-state index in [1.807, 2.05) is 0 Å². The van der Waals surface area contributed by atoms with Crippen LogP contribution < -0.4 is 5.32 Å². The molecule has 0 saturated carbocycles. The summed E-state index contributed by atoms with van der Waals surface area (Å²) in [6, 6.07) is 4.51. The van der Waals surface area contributed by atoms with Gasteiger partial charge in [0, 0.05) is 29.8 Å². The van der Waals surface area contributed by atoms with Gasteiger partial charge in [0.25, 0.3) is 5.69 Å². The van der Waals surface area contributed by atoms with E-state index >= 15 is 0 Å². The summed E-state index contributed by atoms with van der Waals surface area (Å²) in [5.41, 5.74) is 1.09.